The first-order valence-electron chi connectivity index (χ1n) is 6.49. The first-order valence-corrected chi connectivity index (χ1v) is 6.49. The van der Waals surface area contributed by atoms with Gasteiger partial charge in [0.1, 0.15) is 5.75 Å². The van der Waals surface area contributed by atoms with Crippen molar-refractivity contribution in [1.29, 1.82) is 0 Å². The van der Waals surface area contributed by atoms with Gasteiger partial charge in [0.2, 0.25) is 0 Å². The molecule has 1 aromatic rings. The Kier molecular flexibility index (Phi) is 5.49. The third-order valence-corrected chi connectivity index (χ3v) is 2.65. The molecular formula is C15H25NO. The zero-order chi connectivity index (χ0) is 12.8. The van der Waals surface area contributed by atoms with Crippen LogP contribution in [0.25, 0.3) is 0 Å². The lowest BCUT2D eigenvalue weighted by molar-refractivity contribution is 0.242. The lowest BCUT2D eigenvalue weighted by Gasteiger charge is -2.16. The van der Waals surface area contributed by atoms with Crippen LogP contribution in [0.2, 0.25) is 0 Å². The van der Waals surface area contributed by atoms with Gasteiger partial charge < -0.3 is 10.1 Å². The molecule has 96 valence electrons. The van der Waals surface area contributed by atoms with E-state index in [4.69, 9.17) is 4.74 Å². The van der Waals surface area contributed by atoms with Crippen molar-refractivity contribution in [3.63, 3.8) is 0 Å². The molecule has 0 saturated carbocycles. The molecule has 1 unspecified atom stereocenters. The predicted octanol–water partition coefficient (Wildman–Crippen LogP) is 3.58. The van der Waals surface area contributed by atoms with Crippen molar-refractivity contribution in [2.45, 2.75) is 52.7 Å². The Balaban J connectivity index is 2.54. The van der Waals surface area contributed by atoms with E-state index in [-0.39, 0.29) is 6.10 Å². The van der Waals surface area contributed by atoms with Crippen LogP contribution in [-0.4, -0.2) is 18.7 Å². The van der Waals surface area contributed by atoms with Gasteiger partial charge in [0, 0.05) is 12.6 Å². The van der Waals surface area contributed by atoms with E-state index in [1.54, 1.807) is 0 Å². The molecule has 2 heteroatoms. The van der Waals surface area contributed by atoms with E-state index in [1.807, 2.05) is 13.8 Å². The van der Waals surface area contributed by atoms with Crippen molar-refractivity contribution in [2.24, 2.45) is 0 Å². The summed E-state index contributed by atoms with van der Waals surface area (Å²) in [6.45, 7) is 11.7. The summed E-state index contributed by atoms with van der Waals surface area (Å²) >= 11 is 0. The fourth-order valence-corrected chi connectivity index (χ4v) is 1.68. The van der Waals surface area contributed by atoms with Gasteiger partial charge in [-0.25, -0.2) is 0 Å². The number of rotatable bonds is 6. The summed E-state index contributed by atoms with van der Waals surface area (Å²) < 4.78 is 5.63. The van der Waals surface area contributed by atoms with Crippen LogP contribution < -0.4 is 10.1 Å². The third kappa shape index (κ3) is 5.22. The van der Waals surface area contributed by atoms with Crippen LogP contribution in [0.3, 0.4) is 0 Å². The SMILES string of the molecule is CC(C)NCC(C)c1ccc(OC(C)C)cc1. The van der Waals surface area contributed by atoms with Gasteiger partial charge in [-0.15, -0.1) is 0 Å². The van der Waals surface area contributed by atoms with Crippen molar-refractivity contribution in [3.05, 3.63) is 29.8 Å². The van der Waals surface area contributed by atoms with Gasteiger partial charge in [0.25, 0.3) is 0 Å². The molecule has 0 saturated heterocycles. The molecule has 1 aromatic carbocycles. The molecule has 0 bridgehead atoms. The molecule has 0 spiro atoms. The maximum atomic E-state index is 5.63. The number of hydrogen-bond donors (Lipinski definition) is 1. The fourth-order valence-electron chi connectivity index (χ4n) is 1.68. The molecule has 17 heavy (non-hydrogen) atoms. The lowest BCUT2D eigenvalue weighted by atomic mass is 10.0. The molecule has 1 N–H and O–H groups in total. The van der Waals surface area contributed by atoms with E-state index in [9.17, 15) is 0 Å². The Morgan fingerprint density at radius 3 is 2.06 bits per heavy atom. The Hall–Kier alpha value is -1.02. The molecule has 1 atom stereocenters. The smallest absolute Gasteiger partial charge is 0.119 e. The number of benzene rings is 1. The van der Waals surface area contributed by atoms with Crippen molar-refractivity contribution >= 4 is 0 Å². The number of hydrogen-bond acceptors (Lipinski definition) is 2. The molecule has 0 aromatic heterocycles. The van der Waals surface area contributed by atoms with Crippen molar-refractivity contribution < 1.29 is 4.74 Å². The molecule has 0 aliphatic heterocycles. The third-order valence-electron chi connectivity index (χ3n) is 2.65. The lowest BCUT2D eigenvalue weighted by Crippen LogP contribution is -2.26. The average Bonchev–Trinajstić information content (AvgIpc) is 2.26. The largest absolute Gasteiger partial charge is 0.491 e. The summed E-state index contributed by atoms with van der Waals surface area (Å²) in [5.74, 6) is 1.48. The summed E-state index contributed by atoms with van der Waals surface area (Å²) in [4.78, 5) is 0. The summed E-state index contributed by atoms with van der Waals surface area (Å²) in [7, 11) is 0. The molecule has 2 nitrogen and oxygen atoms in total. The topological polar surface area (TPSA) is 21.3 Å². The number of nitrogens with one attached hydrogen (secondary N) is 1. The molecule has 0 radical (unpaired) electrons. The Labute approximate surface area is 105 Å². The van der Waals surface area contributed by atoms with E-state index in [1.165, 1.54) is 5.56 Å². The Morgan fingerprint density at radius 2 is 1.59 bits per heavy atom. The highest BCUT2D eigenvalue weighted by atomic mass is 16.5. The first-order chi connectivity index (χ1) is 7.99. The molecule has 0 aliphatic rings. The predicted molar refractivity (Wildman–Crippen MR) is 73.8 cm³/mol. The zero-order valence-corrected chi connectivity index (χ0v) is 11.7. The summed E-state index contributed by atoms with van der Waals surface area (Å²) in [5, 5.41) is 3.46. The summed E-state index contributed by atoms with van der Waals surface area (Å²) in [6.07, 6.45) is 0.237. The van der Waals surface area contributed by atoms with Crippen LogP contribution in [0.5, 0.6) is 5.75 Å². The minimum atomic E-state index is 0.237. The normalized spacial score (nSPS) is 13.1. The standard InChI is InChI=1S/C15H25NO/c1-11(2)16-10-13(5)14-6-8-15(9-7-14)17-12(3)4/h6-9,11-13,16H,10H2,1-5H3. The summed E-state index contributed by atoms with van der Waals surface area (Å²) in [6, 6.07) is 8.97. The Bertz CT molecular complexity index is 316. The van der Waals surface area contributed by atoms with Gasteiger partial charge in [-0.2, -0.15) is 0 Å². The van der Waals surface area contributed by atoms with E-state index < -0.39 is 0 Å². The molecular weight excluding hydrogens is 210 g/mol. The van der Waals surface area contributed by atoms with E-state index in [0.29, 0.717) is 12.0 Å². The first kappa shape index (κ1) is 14.0. The minimum Gasteiger partial charge on any atom is -0.491 e. The fraction of sp³-hybridized carbons (Fsp3) is 0.600. The van der Waals surface area contributed by atoms with Crippen LogP contribution in [0, 0.1) is 0 Å². The van der Waals surface area contributed by atoms with Gasteiger partial charge in [0.05, 0.1) is 6.10 Å². The van der Waals surface area contributed by atoms with Crippen molar-refractivity contribution in [1.82, 2.24) is 5.32 Å². The maximum absolute atomic E-state index is 5.63. The Morgan fingerprint density at radius 1 is 1.00 bits per heavy atom. The van der Waals surface area contributed by atoms with Crippen LogP contribution in [0.4, 0.5) is 0 Å². The highest BCUT2D eigenvalue weighted by Crippen LogP contribution is 2.19. The minimum absolute atomic E-state index is 0.237. The average molecular weight is 235 g/mol. The molecule has 0 amide bonds. The van der Waals surface area contributed by atoms with Gasteiger partial charge in [-0.1, -0.05) is 32.9 Å². The molecule has 0 aliphatic carbocycles. The molecule has 0 heterocycles. The monoisotopic (exact) mass is 235 g/mol. The molecule has 1 rings (SSSR count). The van der Waals surface area contributed by atoms with Crippen LogP contribution in [-0.2, 0) is 0 Å². The molecule has 0 fully saturated rings. The van der Waals surface area contributed by atoms with Gasteiger partial charge in [-0.05, 0) is 37.5 Å². The van der Waals surface area contributed by atoms with Crippen molar-refractivity contribution in [2.75, 3.05) is 6.54 Å². The second-order valence-electron chi connectivity index (χ2n) is 5.20. The van der Waals surface area contributed by atoms with Crippen molar-refractivity contribution in [3.8, 4) is 5.75 Å². The van der Waals surface area contributed by atoms with Crippen LogP contribution in [0.15, 0.2) is 24.3 Å². The second-order valence-corrected chi connectivity index (χ2v) is 5.20. The van der Waals surface area contributed by atoms with Gasteiger partial charge in [0.15, 0.2) is 0 Å². The maximum Gasteiger partial charge on any atom is 0.119 e. The van der Waals surface area contributed by atoms with Crippen LogP contribution >= 0.6 is 0 Å². The van der Waals surface area contributed by atoms with E-state index in [0.717, 1.165) is 12.3 Å². The highest BCUT2D eigenvalue weighted by molar-refractivity contribution is 5.29. The zero-order valence-electron chi connectivity index (χ0n) is 11.7. The van der Waals surface area contributed by atoms with E-state index >= 15 is 0 Å². The van der Waals surface area contributed by atoms with E-state index in [2.05, 4.69) is 50.4 Å². The second kappa shape index (κ2) is 6.65. The van der Waals surface area contributed by atoms with Crippen LogP contribution in [0.1, 0.15) is 46.1 Å². The quantitative estimate of drug-likeness (QED) is 0.814. The number of ether oxygens (including phenoxy) is 1. The highest BCUT2D eigenvalue weighted by Gasteiger charge is 2.06. The van der Waals surface area contributed by atoms with Gasteiger partial charge in [-0.3, -0.25) is 0 Å². The summed E-state index contributed by atoms with van der Waals surface area (Å²) in [5.41, 5.74) is 1.36. The van der Waals surface area contributed by atoms with Gasteiger partial charge >= 0.3 is 0 Å².